The molecule has 0 radical (unpaired) electrons. The SMILES string of the molecule is O=C(C[C@@H]1CCN2C[C@@H]1CCCOc1ccc(N3CCOCC3)cc1CNCC2=O)NCC1CC1. The third kappa shape index (κ3) is 6.67. The van der Waals surface area contributed by atoms with E-state index in [4.69, 9.17) is 9.47 Å². The fourth-order valence-electron chi connectivity index (χ4n) is 5.60. The first kappa shape index (κ1) is 24.4. The fourth-order valence-corrected chi connectivity index (χ4v) is 5.60. The van der Waals surface area contributed by atoms with Gasteiger partial charge in [0.1, 0.15) is 5.75 Å². The molecule has 2 saturated heterocycles. The van der Waals surface area contributed by atoms with Gasteiger partial charge < -0.3 is 29.9 Å². The first-order valence-electron chi connectivity index (χ1n) is 13.5. The lowest BCUT2D eigenvalue weighted by Crippen LogP contribution is -2.47. The van der Waals surface area contributed by atoms with Gasteiger partial charge in [-0.2, -0.15) is 0 Å². The second-order valence-electron chi connectivity index (χ2n) is 10.6. The number of amides is 2. The number of rotatable bonds is 5. The summed E-state index contributed by atoms with van der Waals surface area (Å²) in [6.07, 6.45) is 5.86. The summed E-state index contributed by atoms with van der Waals surface area (Å²) in [5, 5.41) is 6.49. The van der Waals surface area contributed by atoms with Gasteiger partial charge in [-0.25, -0.2) is 0 Å². The van der Waals surface area contributed by atoms with E-state index in [1.807, 2.05) is 4.90 Å². The molecular weight excluding hydrogens is 444 g/mol. The number of carbonyl (C=O) groups excluding carboxylic acids is 2. The summed E-state index contributed by atoms with van der Waals surface area (Å²) in [5.41, 5.74) is 2.26. The minimum atomic E-state index is 0.151. The van der Waals surface area contributed by atoms with Crippen molar-refractivity contribution in [2.45, 2.75) is 45.1 Å². The molecule has 1 aliphatic carbocycles. The van der Waals surface area contributed by atoms with Gasteiger partial charge in [0.25, 0.3) is 0 Å². The van der Waals surface area contributed by atoms with Gasteiger partial charge >= 0.3 is 0 Å². The van der Waals surface area contributed by atoms with E-state index in [-0.39, 0.29) is 11.8 Å². The second-order valence-corrected chi connectivity index (χ2v) is 10.6. The van der Waals surface area contributed by atoms with Crippen molar-refractivity contribution in [2.75, 3.05) is 64.0 Å². The number of benzene rings is 1. The van der Waals surface area contributed by atoms with Crippen LogP contribution in [0.5, 0.6) is 5.75 Å². The summed E-state index contributed by atoms with van der Waals surface area (Å²) in [7, 11) is 0. The lowest BCUT2D eigenvalue weighted by Gasteiger charge is -2.38. The predicted molar refractivity (Wildman–Crippen MR) is 134 cm³/mol. The molecule has 3 heterocycles. The molecule has 8 nitrogen and oxygen atoms in total. The molecule has 2 atom stereocenters. The van der Waals surface area contributed by atoms with Gasteiger partial charge in [-0.05, 0) is 68.1 Å². The minimum Gasteiger partial charge on any atom is -0.493 e. The van der Waals surface area contributed by atoms with Crippen LogP contribution in [0.4, 0.5) is 5.69 Å². The fraction of sp³-hybridized carbons (Fsp3) is 0.704. The highest BCUT2D eigenvalue weighted by atomic mass is 16.5. The van der Waals surface area contributed by atoms with Crippen LogP contribution in [0.25, 0.3) is 0 Å². The molecule has 2 bridgehead atoms. The Morgan fingerprint density at radius 3 is 2.71 bits per heavy atom. The predicted octanol–water partition coefficient (Wildman–Crippen LogP) is 2.17. The van der Waals surface area contributed by atoms with Gasteiger partial charge in [0, 0.05) is 56.9 Å². The van der Waals surface area contributed by atoms with Crippen LogP contribution in [-0.2, 0) is 20.9 Å². The number of nitrogens with one attached hydrogen (secondary N) is 2. The van der Waals surface area contributed by atoms with Crippen molar-refractivity contribution in [1.82, 2.24) is 15.5 Å². The van der Waals surface area contributed by atoms with Crippen LogP contribution in [0.3, 0.4) is 0 Å². The average Bonchev–Trinajstić information content (AvgIpc) is 3.71. The summed E-state index contributed by atoms with van der Waals surface area (Å²) < 4.78 is 11.7. The van der Waals surface area contributed by atoms with E-state index in [2.05, 4.69) is 33.7 Å². The Morgan fingerprint density at radius 1 is 1.03 bits per heavy atom. The molecule has 3 fully saturated rings. The zero-order valence-corrected chi connectivity index (χ0v) is 20.8. The maximum atomic E-state index is 13.0. The summed E-state index contributed by atoms with van der Waals surface area (Å²) >= 11 is 0. The largest absolute Gasteiger partial charge is 0.493 e. The first-order chi connectivity index (χ1) is 17.2. The van der Waals surface area contributed by atoms with E-state index < -0.39 is 0 Å². The van der Waals surface area contributed by atoms with Crippen LogP contribution in [0, 0.1) is 17.8 Å². The molecule has 0 aromatic heterocycles. The number of anilines is 1. The summed E-state index contributed by atoms with van der Waals surface area (Å²) in [5.74, 6) is 2.58. The molecule has 1 aromatic carbocycles. The van der Waals surface area contributed by atoms with Crippen molar-refractivity contribution in [3.05, 3.63) is 23.8 Å². The van der Waals surface area contributed by atoms with E-state index in [1.165, 1.54) is 18.5 Å². The molecule has 1 saturated carbocycles. The third-order valence-electron chi connectivity index (χ3n) is 7.97. The molecule has 0 unspecified atom stereocenters. The zero-order valence-electron chi connectivity index (χ0n) is 20.8. The van der Waals surface area contributed by atoms with Crippen LogP contribution < -0.4 is 20.3 Å². The van der Waals surface area contributed by atoms with E-state index in [9.17, 15) is 9.59 Å². The Hall–Kier alpha value is -2.32. The maximum absolute atomic E-state index is 13.0. The first-order valence-corrected chi connectivity index (χ1v) is 13.5. The Kier molecular flexibility index (Phi) is 8.09. The molecule has 5 rings (SSSR count). The highest BCUT2D eigenvalue weighted by molar-refractivity contribution is 5.79. The van der Waals surface area contributed by atoms with Crippen LogP contribution in [0.15, 0.2) is 18.2 Å². The minimum absolute atomic E-state index is 0.151. The number of carbonyl (C=O) groups is 2. The standard InChI is InChI=1S/C27H40N4O4/c32-26(29-16-20-3-4-20)15-21-7-8-31-19-22(21)2-1-11-35-25-6-5-24(30-9-12-34-13-10-30)14-23(25)17-28-18-27(31)33/h5-6,14,20-22,28H,1-4,7-13,15-19H2,(H,29,32)/t21-,22-/m0/s1. The van der Waals surface area contributed by atoms with Crippen LogP contribution in [0.2, 0.25) is 0 Å². The molecule has 35 heavy (non-hydrogen) atoms. The van der Waals surface area contributed by atoms with Crippen molar-refractivity contribution in [3.63, 3.8) is 0 Å². The maximum Gasteiger partial charge on any atom is 0.236 e. The number of hydrogen-bond donors (Lipinski definition) is 2. The number of nitrogens with zero attached hydrogens (tertiary/aromatic N) is 2. The van der Waals surface area contributed by atoms with Gasteiger partial charge in [-0.15, -0.1) is 0 Å². The molecule has 0 spiro atoms. The van der Waals surface area contributed by atoms with Gasteiger partial charge in [0.15, 0.2) is 0 Å². The Balaban J connectivity index is 1.23. The van der Waals surface area contributed by atoms with Crippen LogP contribution >= 0.6 is 0 Å². The van der Waals surface area contributed by atoms with Gasteiger partial charge in [0.05, 0.1) is 26.4 Å². The van der Waals surface area contributed by atoms with Crippen molar-refractivity contribution in [1.29, 1.82) is 0 Å². The topological polar surface area (TPSA) is 83.1 Å². The number of morpholine rings is 1. The van der Waals surface area contributed by atoms with Gasteiger partial charge in [0.2, 0.25) is 11.8 Å². The summed E-state index contributed by atoms with van der Waals surface area (Å²) in [6.45, 7) is 7.16. The molecule has 2 amide bonds. The number of piperidine rings is 1. The van der Waals surface area contributed by atoms with Crippen molar-refractivity contribution >= 4 is 17.5 Å². The Labute approximate surface area is 208 Å². The number of hydrogen-bond acceptors (Lipinski definition) is 6. The molecule has 8 heteroatoms. The van der Waals surface area contributed by atoms with Gasteiger partial charge in [-0.3, -0.25) is 9.59 Å². The smallest absolute Gasteiger partial charge is 0.236 e. The zero-order chi connectivity index (χ0) is 24.0. The highest BCUT2D eigenvalue weighted by Crippen LogP contribution is 2.32. The second kappa shape index (κ2) is 11.6. The molecule has 2 N–H and O–H groups in total. The lowest BCUT2D eigenvalue weighted by atomic mass is 9.80. The number of ether oxygens (including phenoxy) is 2. The van der Waals surface area contributed by atoms with E-state index in [0.29, 0.717) is 43.9 Å². The molecule has 1 aromatic rings. The third-order valence-corrected chi connectivity index (χ3v) is 7.97. The monoisotopic (exact) mass is 484 g/mol. The van der Waals surface area contributed by atoms with Crippen LogP contribution in [-0.4, -0.2) is 75.8 Å². The van der Waals surface area contributed by atoms with Crippen molar-refractivity contribution in [2.24, 2.45) is 17.8 Å². The Bertz CT molecular complexity index is 884. The van der Waals surface area contributed by atoms with Crippen molar-refractivity contribution < 1.29 is 19.1 Å². The van der Waals surface area contributed by atoms with E-state index in [1.54, 1.807) is 0 Å². The van der Waals surface area contributed by atoms with Gasteiger partial charge in [-0.1, -0.05) is 0 Å². The summed E-state index contributed by atoms with van der Waals surface area (Å²) in [6, 6.07) is 6.38. The quantitative estimate of drug-likeness (QED) is 0.667. The van der Waals surface area contributed by atoms with Crippen molar-refractivity contribution in [3.8, 4) is 5.75 Å². The molecule has 192 valence electrons. The van der Waals surface area contributed by atoms with E-state index in [0.717, 1.165) is 76.5 Å². The van der Waals surface area contributed by atoms with Crippen LogP contribution in [0.1, 0.15) is 44.1 Å². The Morgan fingerprint density at radius 2 is 1.89 bits per heavy atom. The normalized spacial score (nSPS) is 26.0. The molecule has 4 aliphatic rings. The molecular formula is C27H40N4O4. The number of fused-ring (bicyclic) bond motifs is 3. The lowest BCUT2D eigenvalue weighted by molar-refractivity contribution is -0.133. The average molecular weight is 485 g/mol. The van der Waals surface area contributed by atoms with E-state index >= 15 is 0 Å². The highest BCUT2D eigenvalue weighted by Gasteiger charge is 2.33. The summed E-state index contributed by atoms with van der Waals surface area (Å²) in [4.78, 5) is 29.9. The molecule has 3 aliphatic heterocycles.